The second-order valence-corrected chi connectivity index (χ2v) is 12.0. The van der Waals surface area contributed by atoms with Crippen molar-refractivity contribution in [3.63, 3.8) is 0 Å². The van der Waals surface area contributed by atoms with Crippen LogP contribution in [0.3, 0.4) is 0 Å². The average Bonchev–Trinajstić information content (AvgIpc) is 3.69. The molecule has 0 spiro atoms. The Labute approximate surface area is 242 Å². The Kier molecular flexibility index (Phi) is 7.78. The SMILES string of the molecule is NC(=O)[C@H](Cc1ccc(C(F)(F)F)cc1C(F)(F)F)N(C(=O)C1(c2ccc(Cl)cc2Cl)CC1)[C@@H]1CN2CCC1CC2. The molecule has 0 aromatic heterocycles. The molecule has 4 fully saturated rings. The molecule has 2 N–H and O–H groups in total. The predicted octanol–water partition coefficient (Wildman–Crippen LogP) is 6.08. The first-order valence-electron chi connectivity index (χ1n) is 13.2. The van der Waals surface area contributed by atoms with Crippen molar-refractivity contribution in [2.24, 2.45) is 11.7 Å². The van der Waals surface area contributed by atoms with Crippen molar-refractivity contribution in [1.82, 2.24) is 9.80 Å². The van der Waals surface area contributed by atoms with Gasteiger partial charge in [-0.2, -0.15) is 26.3 Å². The minimum absolute atomic E-state index is 0.0167. The number of rotatable bonds is 7. The number of piperidine rings is 3. The van der Waals surface area contributed by atoms with Gasteiger partial charge in [0.05, 0.1) is 16.5 Å². The summed E-state index contributed by atoms with van der Waals surface area (Å²) in [6, 6.07) is 3.93. The van der Waals surface area contributed by atoms with Gasteiger partial charge in [-0.3, -0.25) is 9.59 Å². The summed E-state index contributed by atoms with van der Waals surface area (Å²) in [5, 5.41) is 0.600. The third-order valence-electron chi connectivity index (χ3n) is 8.64. The molecule has 3 saturated heterocycles. The number of carbonyl (C=O) groups is 2. The van der Waals surface area contributed by atoms with Crippen LogP contribution in [0.5, 0.6) is 0 Å². The third kappa shape index (κ3) is 5.77. The summed E-state index contributed by atoms with van der Waals surface area (Å²) >= 11 is 12.5. The molecule has 6 rings (SSSR count). The Morgan fingerprint density at radius 2 is 1.66 bits per heavy atom. The maximum Gasteiger partial charge on any atom is 0.416 e. The van der Waals surface area contributed by atoms with E-state index in [4.69, 9.17) is 28.9 Å². The summed E-state index contributed by atoms with van der Waals surface area (Å²) in [4.78, 5) is 30.9. The van der Waals surface area contributed by atoms with E-state index in [9.17, 15) is 35.9 Å². The number of benzene rings is 2. The van der Waals surface area contributed by atoms with Gasteiger partial charge in [0.25, 0.3) is 0 Å². The van der Waals surface area contributed by atoms with Gasteiger partial charge in [-0.15, -0.1) is 0 Å². The molecular weight excluding hydrogens is 595 g/mol. The number of fused-ring (bicyclic) bond motifs is 3. The van der Waals surface area contributed by atoms with Gasteiger partial charge < -0.3 is 15.5 Å². The molecule has 13 heteroatoms. The maximum atomic E-state index is 14.5. The molecule has 5 nitrogen and oxygen atoms in total. The summed E-state index contributed by atoms with van der Waals surface area (Å²) in [6.07, 6.45) is -8.60. The smallest absolute Gasteiger partial charge is 0.368 e. The summed E-state index contributed by atoms with van der Waals surface area (Å²) in [6.45, 7) is 1.98. The highest BCUT2D eigenvalue weighted by molar-refractivity contribution is 6.35. The first-order valence-corrected chi connectivity index (χ1v) is 13.9. The minimum atomic E-state index is -5.14. The molecule has 4 aliphatic rings. The van der Waals surface area contributed by atoms with E-state index in [2.05, 4.69) is 4.90 Å². The summed E-state index contributed by atoms with van der Waals surface area (Å²) in [5.74, 6) is -1.54. The quantitative estimate of drug-likeness (QED) is 0.381. The lowest BCUT2D eigenvalue weighted by Crippen LogP contribution is -2.65. The van der Waals surface area contributed by atoms with Crippen molar-refractivity contribution in [2.75, 3.05) is 19.6 Å². The Morgan fingerprint density at radius 1 is 1.00 bits per heavy atom. The summed E-state index contributed by atoms with van der Waals surface area (Å²) in [7, 11) is 0. The lowest BCUT2D eigenvalue weighted by molar-refractivity contribution is -0.150. The average molecular weight is 622 g/mol. The lowest BCUT2D eigenvalue weighted by atomic mass is 9.80. The number of nitrogens with zero attached hydrogens (tertiary/aromatic N) is 2. The molecule has 1 saturated carbocycles. The van der Waals surface area contributed by atoms with Crippen molar-refractivity contribution >= 4 is 35.0 Å². The Balaban J connectivity index is 1.59. The second-order valence-electron chi connectivity index (χ2n) is 11.1. The van der Waals surface area contributed by atoms with E-state index in [1.54, 1.807) is 12.1 Å². The summed E-state index contributed by atoms with van der Waals surface area (Å²) in [5.41, 5.74) is 1.62. The number of alkyl halides is 6. The zero-order chi connectivity index (χ0) is 29.9. The summed E-state index contributed by atoms with van der Waals surface area (Å²) < 4.78 is 81.9. The Morgan fingerprint density at radius 3 is 2.15 bits per heavy atom. The van der Waals surface area contributed by atoms with Crippen molar-refractivity contribution in [1.29, 1.82) is 0 Å². The van der Waals surface area contributed by atoms with Crippen LogP contribution in [0.4, 0.5) is 26.3 Å². The highest BCUT2D eigenvalue weighted by atomic mass is 35.5. The maximum absolute atomic E-state index is 14.5. The lowest BCUT2D eigenvalue weighted by Gasteiger charge is -2.51. The van der Waals surface area contributed by atoms with E-state index in [0.717, 1.165) is 25.9 Å². The first-order chi connectivity index (χ1) is 19.1. The van der Waals surface area contributed by atoms with Crippen LogP contribution >= 0.6 is 23.2 Å². The molecule has 0 radical (unpaired) electrons. The number of hydrogen-bond donors (Lipinski definition) is 1. The van der Waals surface area contributed by atoms with Gasteiger partial charge in [-0.1, -0.05) is 35.3 Å². The standard InChI is InChI=1S/C28H27Cl2F6N3O2/c29-18-3-4-19(21(30)13-18)26(7-8-26)25(41)39(23-14-38-9-5-15(23)6-10-38)22(24(37)40)11-16-1-2-17(27(31,32)33)12-20(16)28(34,35)36/h1-4,12-13,15,22-23H,5-11,14H2,(H2,37,40)/t22-,23+/m0/s1. The third-order valence-corrected chi connectivity index (χ3v) is 9.19. The highest BCUT2D eigenvalue weighted by Gasteiger charge is 2.57. The van der Waals surface area contributed by atoms with Crippen LogP contribution in [0.25, 0.3) is 0 Å². The fraction of sp³-hybridized carbons (Fsp3) is 0.500. The van der Waals surface area contributed by atoms with Crippen molar-refractivity contribution in [3.05, 3.63) is 68.7 Å². The van der Waals surface area contributed by atoms with Gasteiger partial charge in [-0.25, -0.2) is 0 Å². The normalized spacial score (nSPS) is 24.1. The van der Waals surface area contributed by atoms with E-state index in [1.165, 1.54) is 11.0 Å². The van der Waals surface area contributed by atoms with Crippen molar-refractivity contribution in [2.45, 2.75) is 62.0 Å². The molecule has 2 aromatic rings. The van der Waals surface area contributed by atoms with E-state index in [0.29, 0.717) is 42.1 Å². The predicted molar refractivity (Wildman–Crippen MR) is 140 cm³/mol. The van der Waals surface area contributed by atoms with Gasteiger partial charge in [0.2, 0.25) is 11.8 Å². The molecule has 0 unspecified atom stereocenters. The molecule has 41 heavy (non-hydrogen) atoms. The highest BCUT2D eigenvalue weighted by Crippen LogP contribution is 2.53. The topological polar surface area (TPSA) is 66.6 Å². The Bertz CT molecular complexity index is 1350. The van der Waals surface area contributed by atoms with Crippen LogP contribution in [-0.4, -0.2) is 53.3 Å². The number of hydrogen-bond acceptors (Lipinski definition) is 3. The zero-order valence-corrected chi connectivity index (χ0v) is 23.2. The fourth-order valence-corrected chi connectivity index (χ4v) is 6.95. The molecule has 2 bridgehead atoms. The molecule has 3 aliphatic heterocycles. The van der Waals surface area contributed by atoms with Crippen LogP contribution in [0.15, 0.2) is 36.4 Å². The molecule has 1 aliphatic carbocycles. The van der Waals surface area contributed by atoms with Gasteiger partial charge in [0.15, 0.2) is 0 Å². The van der Waals surface area contributed by atoms with E-state index in [1.807, 2.05) is 0 Å². The largest absolute Gasteiger partial charge is 0.416 e. The number of nitrogens with two attached hydrogens (primary N) is 1. The van der Waals surface area contributed by atoms with Gasteiger partial charge in [0, 0.05) is 29.1 Å². The van der Waals surface area contributed by atoms with Crippen LogP contribution in [0.2, 0.25) is 10.0 Å². The fourth-order valence-electron chi connectivity index (χ4n) is 6.36. The van der Waals surface area contributed by atoms with Gasteiger partial charge >= 0.3 is 12.4 Å². The van der Waals surface area contributed by atoms with Crippen molar-refractivity contribution < 1.29 is 35.9 Å². The van der Waals surface area contributed by atoms with E-state index >= 15 is 0 Å². The first kappa shape index (κ1) is 30.0. The Hall–Kier alpha value is -2.50. The van der Waals surface area contributed by atoms with E-state index < -0.39 is 64.8 Å². The van der Waals surface area contributed by atoms with Crippen LogP contribution in [0.1, 0.15) is 47.9 Å². The molecule has 2 atom stereocenters. The monoisotopic (exact) mass is 621 g/mol. The van der Waals surface area contributed by atoms with Crippen LogP contribution in [0, 0.1) is 5.92 Å². The minimum Gasteiger partial charge on any atom is -0.368 e. The van der Waals surface area contributed by atoms with Crippen LogP contribution < -0.4 is 5.73 Å². The number of carbonyl (C=O) groups excluding carboxylic acids is 2. The number of halogens is 8. The van der Waals surface area contributed by atoms with E-state index in [-0.39, 0.29) is 17.0 Å². The van der Waals surface area contributed by atoms with Gasteiger partial charge in [-0.05, 0) is 80.1 Å². The molecule has 2 aromatic carbocycles. The van der Waals surface area contributed by atoms with Crippen molar-refractivity contribution in [3.8, 4) is 0 Å². The number of amides is 2. The van der Waals surface area contributed by atoms with Crippen LogP contribution in [-0.2, 0) is 33.8 Å². The van der Waals surface area contributed by atoms with Gasteiger partial charge in [0.1, 0.15) is 6.04 Å². The molecule has 2 amide bonds. The zero-order valence-electron chi connectivity index (χ0n) is 21.7. The number of primary amides is 1. The molecule has 222 valence electrons. The molecular formula is C28H27Cl2F6N3O2. The second kappa shape index (κ2) is 10.6. The molecule has 3 heterocycles.